The Balaban J connectivity index is 1.66. The summed E-state index contributed by atoms with van der Waals surface area (Å²) in [5.41, 5.74) is 0.964. The quantitative estimate of drug-likeness (QED) is 0.352. The monoisotopic (exact) mass is 482 g/mol. The lowest BCUT2D eigenvalue weighted by molar-refractivity contribution is -0.140. The van der Waals surface area contributed by atoms with Crippen molar-refractivity contribution >= 4 is 17.4 Å². The van der Waals surface area contributed by atoms with Crippen LogP contribution in [-0.2, 0) is 14.3 Å². The van der Waals surface area contributed by atoms with Crippen molar-refractivity contribution in [1.29, 1.82) is 0 Å². The van der Waals surface area contributed by atoms with Crippen molar-refractivity contribution in [2.75, 3.05) is 46.0 Å². The topological polar surface area (TPSA) is 79.3 Å². The first kappa shape index (κ1) is 24.9. The maximum Gasteiger partial charge on any atom is 0.295 e. The van der Waals surface area contributed by atoms with Crippen LogP contribution in [0.25, 0.3) is 5.76 Å². The Kier molecular flexibility index (Phi) is 7.83. The molecule has 0 unspecified atom stereocenters. The van der Waals surface area contributed by atoms with Gasteiger partial charge < -0.3 is 19.5 Å². The zero-order chi connectivity index (χ0) is 24.9. The second kappa shape index (κ2) is 11.0. The molecule has 2 saturated heterocycles. The molecule has 2 aromatic carbocycles. The number of hydrogen-bond acceptors (Lipinski definition) is 6. The fourth-order valence-corrected chi connectivity index (χ4v) is 4.30. The molecule has 0 aliphatic carbocycles. The van der Waals surface area contributed by atoms with Crippen LogP contribution in [0.5, 0.6) is 5.75 Å². The number of likely N-dealkylation sites (tertiary alicyclic amines) is 1. The molecule has 8 heteroatoms. The maximum absolute atomic E-state index is 13.6. The molecule has 4 rings (SSSR count). The molecule has 2 heterocycles. The lowest BCUT2D eigenvalue weighted by Gasteiger charge is -2.31. The summed E-state index contributed by atoms with van der Waals surface area (Å²) in [5.74, 6) is -1.09. The Morgan fingerprint density at radius 3 is 2.34 bits per heavy atom. The van der Waals surface area contributed by atoms with Gasteiger partial charge in [-0.3, -0.25) is 14.5 Å². The summed E-state index contributed by atoms with van der Waals surface area (Å²) in [5, 5.41) is 11.2. The standard InChI is InChI=1S/C27H31FN2O5/c1-18(2)17-35-22-9-5-20(6-10-22)25(31)23-24(19-3-7-21(28)8-4-19)30(27(33)26(23)32)12-11-29-13-15-34-16-14-29/h3-10,18,24,31H,11-17H2,1-2H3/t24-/m1/s1. The van der Waals surface area contributed by atoms with Crippen molar-refractivity contribution < 1.29 is 28.6 Å². The number of benzene rings is 2. The Morgan fingerprint density at radius 1 is 1.06 bits per heavy atom. The molecule has 1 atom stereocenters. The minimum Gasteiger partial charge on any atom is -0.507 e. The van der Waals surface area contributed by atoms with Crippen LogP contribution in [0.2, 0.25) is 0 Å². The first-order valence-electron chi connectivity index (χ1n) is 11.9. The van der Waals surface area contributed by atoms with Gasteiger partial charge in [0.2, 0.25) is 0 Å². The summed E-state index contributed by atoms with van der Waals surface area (Å²) in [6.45, 7) is 8.26. The number of aliphatic hydroxyl groups excluding tert-OH is 1. The number of ether oxygens (including phenoxy) is 2. The molecular weight excluding hydrogens is 451 g/mol. The van der Waals surface area contributed by atoms with Crippen molar-refractivity contribution in [2.24, 2.45) is 5.92 Å². The number of carbonyl (C=O) groups is 2. The smallest absolute Gasteiger partial charge is 0.295 e. The van der Waals surface area contributed by atoms with Crippen LogP contribution in [0.4, 0.5) is 4.39 Å². The summed E-state index contributed by atoms with van der Waals surface area (Å²) in [6.07, 6.45) is 0. The number of amides is 1. The van der Waals surface area contributed by atoms with Gasteiger partial charge in [-0.25, -0.2) is 4.39 Å². The Bertz CT molecular complexity index is 1080. The van der Waals surface area contributed by atoms with Crippen LogP contribution in [0, 0.1) is 11.7 Å². The van der Waals surface area contributed by atoms with Gasteiger partial charge in [0.15, 0.2) is 0 Å². The third kappa shape index (κ3) is 5.71. The van der Waals surface area contributed by atoms with Gasteiger partial charge in [0.25, 0.3) is 11.7 Å². The number of aliphatic hydroxyl groups is 1. The fraction of sp³-hybridized carbons (Fsp3) is 0.407. The number of hydrogen-bond donors (Lipinski definition) is 1. The SMILES string of the molecule is CC(C)COc1ccc(C(O)=C2C(=O)C(=O)N(CCN3CCOCC3)[C@@H]2c2ccc(F)cc2)cc1. The molecule has 35 heavy (non-hydrogen) atoms. The van der Waals surface area contributed by atoms with E-state index in [1.54, 1.807) is 36.4 Å². The van der Waals surface area contributed by atoms with Crippen molar-refractivity contribution in [3.63, 3.8) is 0 Å². The van der Waals surface area contributed by atoms with Crippen LogP contribution in [-0.4, -0.2) is 72.6 Å². The Hall–Kier alpha value is -3.23. The fourth-order valence-electron chi connectivity index (χ4n) is 4.30. The highest BCUT2D eigenvalue weighted by atomic mass is 19.1. The minimum atomic E-state index is -0.812. The van der Waals surface area contributed by atoms with Crippen molar-refractivity contribution in [3.05, 3.63) is 71.0 Å². The number of ketones is 1. The maximum atomic E-state index is 13.6. The molecule has 2 aliphatic rings. The molecule has 0 radical (unpaired) electrons. The van der Waals surface area contributed by atoms with E-state index in [2.05, 4.69) is 4.90 Å². The van der Waals surface area contributed by atoms with Gasteiger partial charge >= 0.3 is 0 Å². The molecule has 186 valence electrons. The lowest BCUT2D eigenvalue weighted by Crippen LogP contribution is -2.42. The van der Waals surface area contributed by atoms with Crippen LogP contribution in [0.3, 0.4) is 0 Å². The van der Waals surface area contributed by atoms with Gasteiger partial charge in [-0.2, -0.15) is 0 Å². The number of Topliss-reactive ketones (excluding diaryl/α,β-unsaturated/α-hetero) is 1. The third-order valence-corrected chi connectivity index (χ3v) is 6.20. The first-order valence-corrected chi connectivity index (χ1v) is 11.9. The van der Waals surface area contributed by atoms with Gasteiger partial charge in [-0.15, -0.1) is 0 Å². The number of rotatable bonds is 8. The third-order valence-electron chi connectivity index (χ3n) is 6.20. The van der Waals surface area contributed by atoms with Crippen LogP contribution >= 0.6 is 0 Å². The van der Waals surface area contributed by atoms with E-state index < -0.39 is 23.5 Å². The largest absolute Gasteiger partial charge is 0.507 e. The molecule has 2 aromatic rings. The van der Waals surface area contributed by atoms with Crippen LogP contribution in [0.15, 0.2) is 54.1 Å². The highest BCUT2D eigenvalue weighted by molar-refractivity contribution is 6.46. The summed E-state index contributed by atoms with van der Waals surface area (Å²) in [6, 6.07) is 11.6. The molecule has 2 aliphatic heterocycles. The summed E-state index contributed by atoms with van der Waals surface area (Å²) in [4.78, 5) is 29.8. The highest BCUT2D eigenvalue weighted by Gasteiger charge is 2.46. The lowest BCUT2D eigenvalue weighted by atomic mass is 9.95. The van der Waals surface area contributed by atoms with E-state index in [1.807, 2.05) is 13.8 Å². The van der Waals surface area contributed by atoms with Gasteiger partial charge in [-0.1, -0.05) is 26.0 Å². The molecule has 2 fully saturated rings. The van der Waals surface area contributed by atoms with Crippen molar-refractivity contribution in [2.45, 2.75) is 19.9 Å². The van der Waals surface area contributed by atoms with Crippen LogP contribution in [0.1, 0.15) is 31.0 Å². The minimum absolute atomic E-state index is 0.000524. The van der Waals surface area contributed by atoms with E-state index in [9.17, 15) is 19.1 Å². The van der Waals surface area contributed by atoms with Crippen molar-refractivity contribution in [3.8, 4) is 5.75 Å². The van der Waals surface area contributed by atoms with E-state index >= 15 is 0 Å². The van der Waals surface area contributed by atoms with E-state index in [0.29, 0.717) is 55.7 Å². The average Bonchev–Trinajstić information content (AvgIpc) is 3.12. The molecule has 1 N–H and O–H groups in total. The van der Waals surface area contributed by atoms with E-state index in [-0.39, 0.29) is 11.3 Å². The zero-order valence-electron chi connectivity index (χ0n) is 20.1. The molecule has 0 bridgehead atoms. The number of halogens is 1. The second-order valence-corrected chi connectivity index (χ2v) is 9.23. The van der Waals surface area contributed by atoms with E-state index in [1.165, 1.54) is 17.0 Å². The molecule has 0 aromatic heterocycles. The van der Waals surface area contributed by atoms with Crippen LogP contribution < -0.4 is 4.74 Å². The molecule has 0 spiro atoms. The molecule has 0 saturated carbocycles. The highest BCUT2D eigenvalue weighted by Crippen LogP contribution is 2.39. The number of carbonyl (C=O) groups excluding carboxylic acids is 2. The Labute approximate surface area is 204 Å². The first-order chi connectivity index (χ1) is 16.8. The molecule has 7 nitrogen and oxygen atoms in total. The number of morpholine rings is 1. The summed E-state index contributed by atoms with van der Waals surface area (Å²) < 4.78 is 24.7. The Morgan fingerprint density at radius 2 is 1.71 bits per heavy atom. The number of nitrogens with zero attached hydrogens (tertiary/aromatic N) is 2. The predicted octanol–water partition coefficient (Wildman–Crippen LogP) is 3.61. The average molecular weight is 483 g/mol. The molecular formula is C27H31FN2O5. The predicted molar refractivity (Wildman–Crippen MR) is 129 cm³/mol. The van der Waals surface area contributed by atoms with Gasteiger partial charge in [0.05, 0.1) is 31.4 Å². The summed E-state index contributed by atoms with van der Waals surface area (Å²) >= 11 is 0. The van der Waals surface area contributed by atoms with Crippen molar-refractivity contribution in [1.82, 2.24) is 9.80 Å². The molecule has 1 amide bonds. The normalized spacial score (nSPS) is 20.6. The van der Waals surface area contributed by atoms with E-state index in [0.717, 1.165) is 13.1 Å². The summed E-state index contributed by atoms with van der Waals surface area (Å²) in [7, 11) is 0. The van der Waals surface area contributed by atoms with Gasteiger partial charge in [0, 0.05) is 31.7 Å². The van der Waals surface area contributed by atoms with Gasteiger partial charge in [-0.05, 0) is 47.9 Å². The zero-order valence-corrected chi connectivity index (χ0v) is 20.1. The second-order valence-electron chi connectivity index (χ2n) is 9.23. The van der Waals surface area contributed by atoms with E-state index in [4.69, 9.17) is 9.47 Å². The van der Waals surface area contributed by atoms with Gasteiger partial charge in [0.1, 0.15) is 17.3 Å².